The summed E-state index contributed by atoms with van der Waals surface area (Å²) in [7, 11) is 0. The molecule has 3 N–H and O–H groups in total. The quantitative estimate of drug-likeness (QED) is 0.364. The van der Waals surface area contributed by atoms with Crippen molar-refractivity contribution in [3.63, 3.8) is 0 Å². The topological polar surface area (TPSA) is 94.0 Å². The molecule has 1 rings (SSSR count). The molecule has 66 valence electrons. The van der Waals surface area contributed by atoms with Crippen molar-refractivity contribution in [3.8, 4) is 0 Å². The molecule has 6 nitrogen and oxygen atoms in total. The Kier molecular flexibility index (Phi) is 2.76. The molecule has 0 aliphatic carbocycles. The zero-order valence-corrected chi connectivity index (χ0v) is 6.65. The van der Waals surface area contributed by atoms with Crippen molar-refractivity contribution in [1.29, 1.82) is 0 Å². The fourth-order valence-corrected chi connectivity index (χ4v) is 0.953. The van der Waals surface area contributed by atoms with Gasteiger partial charge in [-0.1, -0.05) is 6.92 Å². The molecule has 1 heterocycles. The third-order valence-electron chi connectivity index (χ3n) is 1.60. The molecule has 0 saturated carbocycles. The maximum absolute atomic E-state index is 11.1. The molecule has 0 aromatic carbocycles. The Balaban J connectivity index is 2.76. The highest BCUT2D eigenvalue weighted by Gasteiger charge is 2.20. The van der Waals surface area contributed by atoms with Gasteiger partial charge in [0.15, 0.2) is 0 Å². The van der Waals surface area contributed by atoms with E-state index in [-0.39, 0.29) is 11.8 Å². The summed E-state index contributed by atoms with van der Waals surface area (Å²) in [6, 6.07) is 0. The highest BCUT2D eigenvalue weighted by molar-refractivity contribution is 5.82. The van der Waals surface area contributed by atoms with Crippen LogP contribution in [-0.4, -0.2) is 16.3 Å². The Bertz CT molecular complexity index is 246. The molecular formula is C6H10N4O2. The SMILES string of the molecule is CCC(C(=O)NN)c1conn1. The predicted molar refractivity (Wildman–Crippen MR) is 39.7 cm³/mol. The van der Waals surface area contributed by atoms with Gasteiger partial charge < -0.3 is 4.52 Å². The molecular weight excluding hydrogens is 160 g/mol. The Morgan fingerprint density at radius 3 is 3.08 bits per heavy atom. The summed E-state index contributed by atoms with van der Waals surface area (Å²) >= 11 is 0. The number of nitrogens with zero attached hydrogens (tertiary/aromatic N) is 2. The molecule has 1 unspecified atom stereocenters. The van der Waals surface area contributed by atoms with Crippen LogP contribution in [0.2, 0.25) is 0 Å². The number of nitrogens with one attached hydrogen (secondary N) is 1. The van der Waals surface area contributed by atoms with E-state index in [0.717, 1.165) is 0 Å². The maximum Gasteiger partial charge on any atom is 0.243 e. The minimum absolute atomic E-state index is 0.284. The van der Waals surface area contributed by atoms with Crippen molar-refractivity contribution in [2.75, 3.05) is 0 Å². The van der Waals surface area contributed by atoms with Crippen LogP contribution in [0.15, 0.2) is 10.8 Å². The predicted octanol–water partition coefficient (Wildman–Crippen LogP) is -0.447. The summed E-state index contributed by atoms with van der Waals surface area (Å²) in [6.07, 6.45) is 1.95. The Morgan fingerprint density at radius 2 is 2.67 bits per heavy atom. The molecule has 0 radical (unpaired) electrons. The van der Waals surface area contributed by atoms with Crippen molar-refractivity contribution < 1.29 is 9.32 Å². The fraction of sp³-hybridized carbons (Fsp3) is 0.500. The van der Waals surface area contributed by atoms with Crippen LogP contribution >= 0.6 is 0 Å². The fourth-order valence-electron chi connectivity index (χ4n) is 0.953. The number of rotatable bonds is 3. The number of nitrogens with two attached hydrogens (primary N) is 1. The largest absolute Gasteiger partial charge is 0.345 e. The lowest BCUT2D eigenvalue weighted by molar-refractivity contribution is -0.122. The number of hydrogen-bond acceptors (Lipinski definition) is 5. The lowest BCUT2D eigenvalue weighted by atomic mass is 10.0. The number of hydrogen-bond donors (Lipinski definition) is 2. The lowest BCUT2D eigenvalue weighted by Crippen LogP contribution is -2.34. The molecule has 0 fully saturated rings. The number of carbonyl (C=O) groups excluding carboxylic acids is 1. The van der Waals surface area contributed by atoms with E-state index in [0.29, 0.717) is 12.1 Å². The van der Waals surface area contributed by atoms with Crippen LogP contribution in [0.3, 0.4) is 0 Å². The summed E-state index contributed by atoms with van der Waals surface area (Å²) in [5.41, 5.74) is 2.56. The monoisotopic (exact) mass is 170 g/mol. The Morgan fingerprint density at radius 1 is 1.92 bits per heavy atom. The summed E-state index contributed by atoms with van der Waals surface area (Å²) < 4.78 is 4.51. The van der Waals surface area contributed by atoms with E-state index < -0.39 is 0 Å². The average molecular weight is 170 g/mol. The van der Waals surface area contributed by atoms with Gasteiger partial charge in [-0.25, -0.2) is 5.84 Å². The van der Waals surface area contributed by atoms with Gasteiger partial charge in [-0.05, 0) is 6.42 Å². The van der Waals surface area contributed by atoms with E-state index in [1.165, 1.54) is 6.26 Å². The number of aromatic nitrogens is 2. The minimum Gasteiger partial charge on any atom is -0.345 e. The van der Waals surface area contributed by atoms with Crippen molar-refractivity contribution in [2.45, 2.75) is 19.3 Å². The molecule has 1 aromatic rings. The summed E-state index contributed by atoms with van der Waals surface area (Å²) in [6.45, 7) is 1.86. The van der Waals surface area contributed by atoms with E-state index in [9.17, 15) is 4.79 Å². The van der Waals surface area contributed by atoms with E-state index in [4.69, 9.17) is 5.84 Å². The molecule has 12 heavy (non-hydrogen) atoms. The van der Waals surface area contributed by atoms with Crippen molar-refractivity contribution in [1.82, 2.24) is 15.8 Å². The zero-order chi connectivity index (χ0) is 8.97. The molecule has 1 amide bonds. The number of amides is 1. The average Bonchev–Trinajstić information content (AvgIpc) is 2.58. The van der Waals surface area contributed by atoms with Crippen molar-refractivity contribution in [2.24, 2.45) is 5.84 Å². The minimum atomic E-state index is -0.374. The highest BCUT2D eigenvalue weighted by Crippen LogP contribution is 2.15. The van der Waals surface area contributed by atoms with Crippen LogP contribution in [0, 0.1) is 0 Å². The maximum atomic E-state index is 11.1. The summed E-state index contributed by atoms with van der Waals surface area (Å²) in [4.78, 5) is 11.1. The van der Waals surface area contributed by atoms with Crippen LogP contribution in [0.4, 0.5) is 0 Å². The third kappa shape index (κ3) is 1.59. The molecule has 0 aliphatic rings. The van der Waals surface area contributed by atoms with Gasteiger partial charge in [-0.3, -0.25) is 10.2 Å². The van der Waals surface area contributed by atoms with Crippen LogP contribution in [-0.2, 0) is 4.79 Å². The van der Waals surface area contributed by atoms with Gasteiger partial charge in [0, 0.05) is 5.27 Å². The van der Waals surface area contributed by atoms with E-state index in [1.807, 2.05) is 6.92 Å². The first-order valence-electron chi connectivity index (χ1n) is 3.57. The molecule has 0 bridgehead atoms. The standard InChI is InChI=1S/C6H10N4O2/c1-2-4(6(11)8-7)5-3-12-10-9-5/h3-4H,2,7H2,1H3,(H,8,11). The Labute approximate surface area is 69.1 Å². The smallest absolute Gasteiger partial charge is 0.243 e. The van der Waals surface area contributed by atoms with E-state index in [2.05, 4.69) is 20.3 Å². The number of carbonyl (C=O) groups is 1. The zero-order valence-electron chi connectivity index (χ0n) is 6.65. The first-order valence-corrected chi connectivity index (χ1v) is 3.57. The highest BCUT2D eigenvalue weighted by atomic mass is 16.5. The van der Waals surface area contributed by atoms with Gasteiger partial charge in [0.2, 0.25) is 5.91 Å². The van der Waals surface area contributed by atoms with E-state index in [1.54, 1.807) is 0 Å². The second-order valence-electron chi connectivity index (χ2n) is 2.30. The van der Waals surface area contributed by atoms with Gasteiger partial charge in [0.05, 0.1) is 5.92 Å². The van der Waals surface area contributed by atoms with Gasteiger partial charge in [0.25, 0.3) is 0 Å². The number of hydrazine groups is 1. The summed E-state index contributed by atoms with van der Waals surface area (Å²) in [5, 5.41) is 6.89. The Hall–Kier alpha value is -1.43. The van der Waals surface area contributed by atoms with Crippen LogP contribution in [0.25, 0.3) is 0 Å². The van der Waals surface area contributed by atoms with Crippen LogP contribution in [0.1, 0.15) is 25.0 Å². The van der Waals surface area contributed by atoms with Crippen LogP contribution < -0.4 is 11.3 Å². The van der Waals surface area contributed by atoms with Gasteiger partial charge in [-0.2, -0.15) is 0 Å². The molecule has 1 aromatic heterocycles. The van der Waals surface area contributed by atoms with E-state index >= 15 is 0 Å². The van der Waals surface area contributed by atoms with Gasteiger partial charge >= 0.3 is 0 Å². The lowest BCUT2D eigenvalue weighted by Gasteiger charge is -2.07. The van der Waals surface area contributed by atoms with Gasteiger partial charge in [-0.15, -0.1) is 5.10 Å². The first-order chi connectivity index (χ1) is 5.79. The summed E-state index contributed by atoms with van der Waals surface area (Å²) in [5.74, 6) is 4.32. The molecule has 0 spiro atoms. The van der Waals surface area contributed by atoms with Crippen molar-refractivity contribution in [3.05, 3.63) is 12.0 Å². The normalized spacial score (nSPS) is 12.5. The first kappa shape index (κ1) is 8.66. The molecule has 0 saturated heterocycles. The van der Waals surface area contributed by atoms with Crippen LogP contribution in [0.5, 0.6) is 0 Å². The molecule has 1 atom stereocenters. The molecule has 0 aliphatic heterocycles. The molecule has 6 heteroatoms. The van der Waals surface area contributed by atoms with Gasteiger partial charge in [0.1, 0.15) is 12.0 Å². The second-order valence-corrected chi connectivity index (χ2v) is 2.30. The third-order valence-corrected chi connectivity index (χ3v) is 1.60. The van der Waals surface area contributed by atoms with Crippen molar-refractivity contribution >= 4 is 5.91 Å². The second kappa shape index (κ2) is 3.82.